The van der Waals surface area contributed by atoms with Gasteiger partial charge in [0.2, 0.25) is 11.8 Å². The van der Waals surface area contributed by atoms with E-state index in [9.17, 15) is 9.59 Å². The smallest absolute Gasteiger partial charge is 0.237 e. The number of hydrogen-bond donors (Lipinski definition) is 3. The standard InChI is InChI=1S/C13H25N5O2/c14-11-2-1-5-17(8-11)9-12(19)18-6-3-10(4-7-18)13(20)16-15/h10-11H,1-9,14-15H2,(H,16,20). The van der Waals surface area contributed by atoms with E-state index in [1.54, 1.807) is 0 Å². The molecular weight excluding hydrogens is 258 g/mol. The third kappa shape index (κ3) is 3.91. The average molecular weight is 283 g/mol. The van der Waals surface area contributed by atoms with Gasteiger partial charge in [0.05, 0.1) is 6.54 Å². The van der Waals surface area contributed by atoms with Crippen molar-refractivity contribution in [1.82, 2.24) is 15.2 Å². The molecule has 2 saturated heterocycles. The number of rotatable bonds is 3. The van der Waals surface area contributed by atoms with Gasteiger partial charge in [-0.25, -0.2) is 5.84 Å². The summed E-state index contributed by atoms with van der Waals surface area (Å²) in [5.74, 6) is 5.09. The highest BCUT2D eigenvalue weighted by Crippen LogP contribution is 2.17. The molecule has 20 heavy (non-hydrogen) atoms. The second kappa shape index (κ2) is 7.01. The molecule has 0 spiro atoms. The highest BCUT2D eigenvalue weighted by atomic mass is 16.2. The summed E-state index contributed by atoms with van der Waals surface area (Å²) in [6, 6.07) is 0.190. The summed E-state index contributed by atoms with van der Waals surface area (Å²) in [5, 5.41) is 0. The lowest BCUT2D eigenvalue weighted by molar-refractivity contribution is -0.136. The largest absolute Gasteiger partial charge is 0.342 e. The maximum atomic E-state index is 12.2. The average Bonchev–Trinajstić information content (AvgIpc) is 2.46. The van der Waals surface area contributed by atoms with Gasteiger partial charge in [0.1, 0.15) is 0 Å². The first-order valence-electron chi connectivity index (χ1n) is 7.36. The Bertz CT molecular complexity index is 355. The van der Waals surface area contributed by atoms with Gasteiger partial charge in [-0.3, -0.25) is 19.9 Å². The van der Waals surface area contributed by atoms with Crippen molar-refractivity contribution < 1.29 is 9.59 Å². The number of hydrazine groups is 1. The molecule has 0 saturated carbocycles. The second-order valence-corrected chi connectivity index (χ2v) is 5.80. The van der Waals surface area contributed by atoms with Crippen molar-refractivity contribution in [2.45, 2.75) is 31.7 Å². The zero-order valence-electron chi connectivity index (χ0n) is 11.9. The van der Waals surface area contributed by atoms with Crippen molar-refractivity contribution in [1.29, 1.82) is 0 Å². The van der Waals surface area contributed by atoms with Gasteiger partial charge in [0, 0.05) is 31.6 Å². The van der Waals surface area contributed by atoms with Crippen LogP contribution in [0.4, 0.5) is 0 Å². The van der Waals surface area contributed by atoms with E-state index < -0.39 is 0 Å². The summed E-state index contributed by atoms with van der Waals surface area (Å²) in [5.41, 5.74) is 8.11. The van der Waals surface area contributed by atoms with Gasteiger partial charge in [-0.2, -0.15) is 0 Å². The van der Waals surface area contributed by atoms with E-state index in [1.165, 1.54) is 0 Å². The van der Waals surface area contributed by atoms with Crippen LogP contribution in [0.25, 0.3) is 0 Å². The van der Waals surface area contributed by atoms with Crippen LogP contribution in [0, 0.1) is 5.92 Å². The topological polar surface area (TPSA) is 105 Å². The number of nitrogens with zero attached hydrogens (tertiary/aromatic N) is 2. The molecule has 7 heteroatoms. The Kier molecular flexibility index (Phi) is 5.33. The number of nitrogens with one attached hydrogen (secondary N) is 1. The van der Waals surface area contributed by atoms with Crippen LogP contribution in [0.2, 0.25) is 0 Å². The molecule has 2 fully saturated rings. The summed E-state index contributed by atoms with van der Waals surface area (Å²) >= 11 is 0. The highest BCUT2D eigenvalue weighted by Gasteiger charge is 2.28. The molecule has 2 heterocycles. The number of carbonyl (C=O) groups excluding carboxylic acids is 2. The third-order valence-electron chi connectivity index (χ3n) is 4.26. The predicted octanol–water partition coefficient (Wildman–Crippen LogP) is -1.36. The molecular formula is C13H25N5O2. The first-order valence-corrected chi connectivity index (χ1v) is 7.36. The Morgan fingerprint density at radius 2 is 1.85 bits per heavy atom. The monoisotopic (exact) mass is 283 g/mol. The molecule has 114 valence electrons. The molecule has 0 aromatic heterocycles. The Labute approximate surface area is 119 Å². The minimum Gasteiger partial charge on any atom is -0.342 e. The van der Waals surface area contributed by atoms with Crippen molar-refractivity contribution in [3.05, 3.63) is 0 Å². The lowest BCUT2D eigenvalue weighted by Gasteiger charge is -2.35. The zero-order valence-corrected chi connectivity index (χ0v) is 11.9. The van der Waals surface area contributed by atoms with Crippen LogP contribution in [0.1, 0.15) is 25.7 Å². The van der Waals surface area contributed by atoms with Gasteiger partial charge in [0.15, 0.2) is 0 Å². The fraction of sp³-hybridized carbons (Fsp3) is 0.846. The molecule has 0 aromatic carbocycles. The maximum absolute atomic E-state index is 12.2. The van der Waals surface area contributed by atoms with Crippen LogP contribution in [0.15, 0.2) is 0 Å². The van der Waals surface area contributed by atoms with Crippen LogP contribution < -0.4 is 17.0 Å². The molecule has 0 radical (unpaired) electrons. The van der Waals surface area contributed by atoms with Crippen molar-refractivity contribution in [3.63, 3.8) is 0 Å². The summed E-state index contributed by atoms with van der Waals surface area (Å²) < 4.78 is 0. The molecule has 1 atom stereocenters. The molecule has 7 nitrogen and oxygen atoms in total. The lowest BCUT2D eigenvalue weighted by Crippen LogP contribution is -2.50. The van der Waals surface area contributed by atoms with Crippen LogP contribution >= 0.6 is 0 Å². The van der Waals surface area contributed by atoms with E-state index in [2.05, 4.69) is 10.3 Å². The summed E-state index contributed by atoms with van der Waals surface area (Å²) in [7, 11) is 0. The normalized spacial score (nSPS) is 25.5. The Morgan fingerprint density at radius 1 is 1.15 bits per heavy atom. The first-order chi connectivity index (χ1) is 9.60. The van der Waals surface area contributed by atoms with Gasteiger partial charge in [-0.05, 0) is 32.2 Å². The lowest BCUT2D eigenvalue weighted by atomic mass is 9.96. The SMILES string of the molecule is NNC(=O)C1CCN(C(=O)CN2CCCC(N)C2)CC1. The Hall–Kier alpha value is -1.18. The van der Waals surface area contributed by atoms with Crippen molar-refractivity contribution in [2.24, 2.45) is 17.5 Å². The molecule has 2 amide bonds. The quantitative estimate of drug-likeness (QED) is 0.337. The first kappa shape index (κ1) is 15.2. The summed E-state index contributed by atoms with van der Waals surface area (Å²) in [6.45, 7) is 3.47. The van der Waals surface area contributed by atoms with Gasteiger partial charge in [-0.15, -0.1) is 0 Å². The number of hydrogen-bond acceptors (Lipinski definition) is 5. The molecule has 1 unspecified atom stereocenters. The van der Waals surface area contributed by atoms with E-state index >= 15 is 0 Å². The Balaban J connectivity index is 1.75. The van der Waals surface area contributed by atoms with Gasteiger partial charge in [-0.1, -0.05) is 0 Å². The third-order valence-corrected chi connectivity index (χ3v) is 4.26. The number of carbonyl (C=O) groups is 2. The number of nitrogens with two attached hydrogens (primary N) is 2. The minimum absolute atomic E-state index is 0.0625. The molecule has 0 aliphatic carbocycles. The van der Waals surface area contributed by atoms with Crippen molar-refractivity contribution in [2.75, 3.05) is 32.7 Å². The number of piperidine rings is 2. The van der Waals surface area contributed by atoms with Crippen LogP contribution in [-0.4, -0.2) is 60.4 Å². The molecule has 2 aliphatic rings. The van der Waals surface area contributed by atoms with E-state index in [-0.39, 0.29) is 23.8 Å². The molecule has 2 rings (SSSR count). The van der Waals surface area contributed by atoms with E-state index in [4.69, 9.17) is 11.6 Å². The Morgan fingerprint density at radius 3 is 2.45 bits per heavy atom. The van der Waals surface area contributed by atoms with E-state index in [1.807, 2.05) is 4.90 Å². The van der Waals surface area contributed by atoms with Gasteiger partial charge < -0.3 is 10.6 Å². The minimum atomic E-state index is -0.126. The van der Waals surface area contributed by atoms with Gasteiger partial charge >= 0.3 is 0 Å². The number of likely N-dealkylation sites (tertiary alicyclic amines) is 2. The van der Waals surface area contributed by atoms with Crippen LogP contribution in [-0.2, 0) is 9.59 Å². The number of amides is 2. The predicted molar refractivity (Wildman–Crippen MR) is 75.3 cm³/mol. The fourth-order valence-corrected chi connectivity index (χ4v) is 3.04. The van der Waals surface area contributed by atoms with Gasteiger partial charge in [0.25, 0.3) is 0 Å². The summed E-state index contributed by atoms with van der Waals surface area (Å²) in [4.78, 5) is 27.7. The molecule has 0 aromatic rings. The van der Waals surface area contributed by atoms with Crippen LogP contribution in [0.5, 0.6) is 0 Å². The fourth-order valence-electron chi connectivity index (χ4n) is 3.04. The van der Waals surface area contributed by atoms with E-state index in [0.29, 0.717) is 32.5 Å². The van der Waals surface area contributed by atoms with E-state index in [0.717, 1.165) is 25.9 Å². The van der Waals surface area contributed by atoms with Crippen LogP contribution in [0.3, 0.4) is 0 Å². The second-order valence-electron chi connectivity index (χ2n) is 5.80. The maximum Gasteiger partial charge on any atom is 0.237 e. The molecule has 5 N–H and O–H groups in total. The summed E-state index contributed by atoms with van der Waals surface area (Å²) in [6.07, 6.45) is 3.49. The molecule has 0 bridgehead atoms. The van der Waals surface area contributed by atoms with Crippen molar-refractivity contribution >= 4 is 11.8 Å². The zero-order chi connectivity index (χ0) is 14.5. The highest BCUT2D eigenvalue weighted by molar-refractivity contribution is 5.80. The van der Waals surface area contributed by atoms with Crippen molar-refractivity contribution in [3.8, 4) is 0 Å². The molecule has 2 aliphatic heterocycles.